The molecule has 1 aromatic rings. The highest BCUT2D eigenvalue weighted by atomic mass is 16.6. The van der Waals surface area contributed by atoms with E-state index in [0.29, 0.717) is 5.56 Å². The number of azo groups is 1. The molecule has 2 rings (SSSR count). The van der Waals surface area contributed by atoms with Crippen molar-refractivity contribution in [2.24, 2.45) is 10.2 Å². The molecule has 0 radical (unpaired) electrons. The first-order chi connectivity index (χ1) is 7.09. The lowest BCUT2D eigenvalue weighted by atomic mass is 10.1. The van der Waals surface area contributed by atoms with Crippen molar-refractivity contribution in [2.45, 2.75) is 6.04 Å². The first-order valence-corrected chi connectivity index (χ1v) is 3.99. The molecule has 0 amide bonds. The summed E-state index contributed by atoms with van der Waals surface area (Å²) in [5, 5.41) is 28.0. The van der Waals surface area contributed by atoms with E-state index in [1.54, 1.807) is 0 Å². The van der Waals surface area contributed by atoms with Crippen LogP contribution in [0.15, 0.2) is 28.4 Å². The van der Waals surface area contributed by atoms with Crippen LogP contribution < -0.4 is 5.11 Å². The van der Waals surface area contributed by atoms with E-state index >= 15 is 0 Å². The molecule has 76 valence electrons. The Morgan fingerprint density at radius 2 is 2.20 bits per heavy atom. The lowest BCUT2D eigenvalue weighted by Crippen LogP contribution is -2.27. The number of carboxylic acids is 1. The fourth-order valence-electron chi connectivity index (χ4n) is 1.32. The number of hydrogen-bond donors (Lipinski definition) is 0. The average Bonchev–Trinajstić information content (AvgIpc) is 2.59. The van der Waals surface area contributed by atoms with Gasteiger partial charge in [0.05, 0.1) is 16.6 Å². The molecule has 0 fully saturated rings. The summed E-state index contributed by atoms with van der Waals surface area (Å²) in [7, 11) is 0. The largest absolute Gasteiger partial charge is 0.547 e. The van der Waals surface area contributed by atoms with Crippen molar-refractivity contribution in [1.29, 1.82) is 0 Å². The van der Waals surface area contributed by atoms with Crippen molar-refractivity contribution in [3.8, 4) is 0 Å². The minimum absolute atomic E-state index is 0.147. The Morgan fingerprint density at radius 1 is 1.47 bits per heavy atom. The number of fused-ring (bicyclic) bond motifs is 1. The zero-order valence-corrected chi connectivity index (χ0v) is 7.28. The lowest BCUT2D eigenvalue weighted by Gasteiger charge is -2.07. The number of carbonyl (C=O) groups excluding carboxylic acids is 1. The van der Waals surface area contributed by atoms with Gasteiger partial charge in [0.2, 0.25) is 0 Å². The molecule has 0 N–H and O–H groups in total. The molecule has 0 saturated heterocycles. The van der Waals surface area contributed by atoms with Crippen LogP contribution in [-0.4, -0.2) is 10.9 Å². The number of nitrogens with zero attached hydrogens (tertiary/aromatic N) is 3. The molecule has 1 aliphatic heterocycles. The molecule has 0 aromatic heterocycles. The van der Waals surface area contributed by atoms with Crippen molar-refractivity contribution >= 4 is 17.3 Å². The Labute approximate surface area is 83.2 Å². The molecule has 0 spiro atoms. The fraction of sp³-hybridized carbons (Fsp3) is 0.125. The van der Waals surface area contributed by atoms with E-state index in [1.807, 2.05) is 0 Å². The first-order valence-electron chi connectivity index (χ1n) is 3.99. The van der Waals surface area contributed by atoms with Crippen molar-refractivity contribution in [1.82, 2.24) is 0 Å². The van der Waals surface area contributed by atoms with Crippen LogP contribution in [0.25, 0.3) is 0 Å². The molecule has 1 aliphatic rings. The van der Waals surface area contributed by atoms with E-state index < -0.39 is 16.9 Å². The quantitative estimate of drug-likeness (QED) is 0.517. The maximum atomic E-state index is 10.6. The number of carbonyl (C=O) groups is 1. The van der Waals surface area contributed by atoms with Crippen LogP contribution in [0.1, 0.15) is 11.6 Å². The topological polar surface area (TPSA) is 108 Å². The van der Waals surface area contributed by atoms with E-state index in [4.69, 9.17) is 0 Å². The summed E-state index contributed by atoms with van der Waals surface area (Å²) in [6, 6.07) is 2.57. The van der Waals surface area contributed by atoms with Gasteiger partial charge in [0.15, 0.2) is 0 Å². The third-order valence-corrected chi connectivity index (χ3v) is 2.02. The zero-order valence-electron chi connectivity index (χ0n) is 7.28. The number of benzene rings is 1. The van der Waals surface area contributed by atoms with Crippen LogP contribution in [0, 0.1) is 10.1 Å². The summed E-state index contributed by atoms with van der Waals surface area (Å²) in [4.78, 5) is 20.4. The molecular weight excluding hydrogens is 202 g/mol. The van der Waals surface area contributed by atoms with Crippen LogP contribution in [0.3, 0.4) is 0 Å². The summed E-state index contributed by atoms with van der Waals surface area (Å²) in [6.45, 7) is 0. The van der Waals surface area contributed by atoms with Crippen molar-refractivity contribution in [3.63, 3.8) is 0 Å². The summed E-state index contributed by atoms with van der Waals surface area (Å²) in [5.74, 6) is -1.37. The predicted octanol–water partition coefficient (Wildman–Crippen LogP) is 0.483. The number of hydrogen-bond acceptors (Lipinski definition) is 6. The third-order valence-electron chi connectivity index (χ3n) is 2.02. The SMILES string of the molecule is O=C([O-])C1N=Nc2cc([N+](=O)[O-])ccc21. The van der Waals surface area contributed by atoms with Gasteiger partial charge in [0.1, 0.15) is 6.04 Å². The number of nitro groups is 1. The zero-order chi connectivity index (χ0) is 11.0. The molecule has 1 unspecified atom stereocenters. The van der Waals surface area contributed by atoms with Crippen LogP contribution in [0.4, 0.5) is 11.4 Å². The summed E-state index contributed by atoms with van der Waals surface area (Å²) >= 11 is 0. The standard InChI is InChI=1S/C8H5N3O4/c12-8(13)7-5-2-1-4(11(14)15)3-6(5)9-10-7/h1-3,7H,(H,12,13)/p-1. The minimum Gasteiger partial charge on any atom is -0.547 e. The number of nitro benzene ring substituents is 1. The monoisotopic (exact) mass is 206 g/mol. The molecule has 1 heterocycles. The molecule has 0 saturated carbocycles. The van der Waals surface area contributed by atoms with Gasteiger partial charge in [-0.2, -0.15) is 10.2 Å². The van der Waals surface area contributed by atoms with E-state index in [-0.39, 0.29) is 11.4 Å². The maximum Gasteiger partial charge on any atom is 0.271 e. The van der Waals surface area contributed by atoms with Crippen LogP contribution in [0.5, 0.6) is 0 Å². The van der Waals surface area contributed by atoms with Crippen LogP contribution in [-0.2, 0) is 4.79 Å². The number of carboxylic acid groups (broad SMARTS) is 1. The third kappa shape index (κ3) is 1.43. The Kier molecular flexibility index (Phi) is 1.93. The molecule has 7 heteroatoms. The van der Waals surface area contributed by atoms with Crippen molar-refractivity contribution < 1.29 is 14.8 Å². The van der Waals surface area contributed by atoms with Crippen molar-refractivity contribution in [2.75, 3.05) is 0 Å². The van der Waals surface area contributed by atoms with Crippen LogP contribution >= 0.6 is 0 Å². The Bertz CT molecular complexity index is 483. The van der Waals surface area contributed by atoms with Gasteiger partial charge in [-0.15, -0.1) is 0 Å². The van der Waals surface area contributed by atoms with E-state index in [0.717, 1.165) is 0 Å². The second kappa shape index (κ2) is 3.12. The van der Waals surface area contributed by atoms with Crippen molar-refractivity contribution in [3.05, 3.63) is 33.9 Å². The van der Waals surface area contributed by atoms with Crippen LogP contribution in [0.2, 0.25) is 0 Å². The van der Waals surface area contributed by atoms with Gasteiger partial charge in [-0.3, -0.25) is 10.1 Å². The molecule has 1 aromatic carbocycles. The number of rotatable bonds is 2. The number of aliphatic carboxylic acids is 1. The van der Waals surface area contributed by atoms with E-state index in [1.165, 1.54) is 18.2 Å². The summed E-state index contributed by atoms with van der Waals surface area (Å²) in [6.07, 6.45) is 0. The minimum atomic E-state index is -1.37. The second-order valence-electron chi connectivity index (χ2n) is 2.94. The van der Waals surface area contributed by atoms with Gasteiger partial charge in [-0.05, 0) is 6.07 Å². The van der Waals surface area contributed by atoms with Gasteiger partial charge in [0, 0.05) is 17.7 Å². The molecule has 0 bridgehead atoms. The van der Waals surface area contributed by atoms with Gasteiger partial charge >= 0.3 is 0 Å². The predicted molar refractivity (Wildman–Crippen MR) is 45.4 cm³/mol. The highest BCUT2D eigenvalue weighted by molar-refractivity contribution is 5.78. The summed E-state index contributed by atoms with van der Waals surface area (Å²) in [5.41, 5.74) is 0.380. The Morgan fingerprint density at radius 3 is 2.80 bits per heavy atom. The highest BCUT2D eigenvalue weighted by Gasteiger charge is 2.23. The summed E-state index contributed by atoms with van der Waals surface area (Å²) < 4.78 is 0. The smallest absolute Gasteiger partial charge is 0.271 e. The average molecular weight is 206 g/mol. The van der Waals surface area contributed by atoms with E-state index in [2.05, 4.69) is 10.2 Å². The van der Waals surface area contributed by atoms with Gasteiger partial charge < -0.3 is 9.90 Å². The van der Waals surface area contributed by atoms with E-state index in [9.17, 15) is 20.0 Å². The Hall–Kier alpha value is -2.31. The normalized spacial score (nSPS) is 17.5. The second-order valence-corrected chi connectivity index (χ2v) is 2.94. The molecular formula is C8H4N3O4-. The molecule has 15 heavy (non-hydrogen) atoms. The molecule has 1 atom stereocenters. The number of non-ortho nitro benzene ring substituents is 1. The van der Waals surface area contributed by atoms with Gasteiger partial charge in [-0.1, -0.05) is 0 Å². The first kappa shape index (κ1) is 9.25. The lowest BCUT2D eigenvalue weighted by molar-refractivity contribution is -0.384. The Balaban J connectivity index is 2.46. The molecule has 0 aliphatic carbocycles. The van der Waals surface area contributed by atoms with Gasteiger partial charge in [-0.25, -0.2) is 0 Å². The van der Waals surface area contributed by atoms with Gasteiger partial charge in [0.25, 0.3) is 5.69 Å². The fourth-order valence-corrected chi connectivity index (χ4v) is 1.32. The molecule has 7 nitrogen and oxygen atoms in total. The maximum absolute atomic E-state index is 10.6. The highest BCUT2D eigenvalue weighted by Crippen LogP contribution is 2.37.